The molecule has 1 saturated carbocycles. The minimum atomic E-state index is -0.546. The van der Waals surface area contributed by atoms with E-state index in [9.17, 15) is 14.9 Å². The van der Waals surface area contributed by atoms with Crippen molar-refractivity contribution in [1.82, 2.24) is 10.2 Å². The minimum absolute atomic E-state index is 0.0497. The summed E-state index contributed by atoms with van der Waals surface area (Å²) < 4.78 is 10.7. The highest BCUT2D eigenvalue weighted by Crippen LogP contribution is 2.35. The fraction of sp³-hybridized carbons (Fsp3) is 0.632. The zero-order chi connectivity index (χ0) is 19.4. The molecule has 1 amide bonds. The lowest BCUT2D eigenvalue weighted by Gasteiger charge is -2.32. The van der Waals surface area contributed by atoms with E-state index in [0.29, 0.717) is 31.5 Å². The quantitative estimate of drug-likeness (QED) is 0.553. The molecule has 1 aliphatic heterocycles. The van der Waals surface area contributed by atoms with Gasteiger partial charge in [0.1, 0.15) is 5.56 Å². The van der Waals surface area contributed by atoms with Crippen molar-refractivity contribution in [1.29, 1.82) is 0 Å². The van der Waals surface area contributed by atoms with Gasteiger partial charge >= 0.3 is 0 Å². The smallest absolute Gasteiger partial charge is 0.286 e. The lowest BCUT2D eigenvalue weighted by atomic mass is 10.0. The fourth-order valence-corrected chi connectivity index (χ4v) is 3.41. The number of amides is 1. The van der Waals surface area contributed by atoms with Crippen LogP contribution in [0.5, 0.6) is 11.5 Å². The number of benzene rings is 1. The van der Waals surface area contributed by atoms with E-state index in [4.69, 9.17) is 9.47 Å². The number of nitrogens with zero attached hydrogens (tertiary/aromatic N) is 2. The van der Waals surface area contributed by atoms with Crippen molar-refractivity contribution in [2.24, 2.45) is 5.92 Å². The normalized spacial score (nSPS) is 17.6. The summed E-state index contributed by atoms with van der Waals surface area (Å²) >= 11 is 0. The third-order valence-electron chi connectivity index (χ3n) is 5.18. The molecule has 1 heterocycles. The van der Waals surface area contributed by atoms with Crippen LogP contribution in [0.3, 0.4) is 0 Å². The second-order valence-electron chi connectivity index (χ2n) is 7.13. The number of nitro benzene ring substituents is 1. The van der Waals surface area contributed by atoms with Gasteiger partial charge in [-0.1, -0.05) is 0 Å². The number of ether oxygens (including phenoxy) is 2. The van der Waals surface area contributed by atoms with E-state index in [1.165, 1.54) is 32.1 Å². The van der Waals surface area contributed by atoms with Gasteiger partial charge in [0.25, 0.3) is 11.6 Å². The zero-order valence-corrected chi connectivity index (χ0v) is 15.9. The van der Waals surface area contributed by atoms with Gasteiger partial charge in [0.2, 0.25) is 0 Å². The maximum atomic E-state index is 13.0. The molecule has 3 rings (SSSR count). The van der Waals surface area contributed by atoms with E-state index in [0.717, 1.165) is 25.3 Å². The average Bonchev–Trinajstić information content (AvgIpc) is 3.50. The molecule has 148 valence electrons. The Morgan fingerprint density at radius 2 is 1.96 bits per heavy atom. The molecule has 0 radical (unpaired) electrons. The highest BCUT2D eigenvalue weighted by atomic mass is 16.6. The van der Waals surface area contributed by atoms with Crippen molar-refractivity contribution < 1.29 is 19.2 Å². The summed E-state index contributed by atoms with van der Waals surface area (Å²) in [6.45, 7) is 4.42. The monoisotopic (exact) mass is 377 g/mol. The molecular weight excluding hydrogens is 350 g/mol. The lowest BCUT2D eigenvalue weighted by molar-refractivity contribution is -0.385. The number of piperidine rings is 1. The Hall–Kier alpha value is -2.35. The number of hydrogen-bond acceptors (Lipinski definition) is 6. The summed E-state index contributed by atoms with van der Waals surface area (Å²) in [5.74, 6) is 1.09. The van der Waals surface area contributed by atoms with Crippen molar-refractivity contribution in [3.05, 3.63) is 27.8 Å². The van der Waals surface area contributed by atoms with Crippen LogP contribution in [-0.4, -0.2) is 55.1 Å². The Morgan fingerprint density at radius 1 is 1.26 bits per heavy atom. The number of rotatable bonds is 8. The number of hydrogen-bond donors (Lipinski definition) is 1. The topological polar surface area (TPSA) is 93.9 Å². The van der Waals surface area contributed by atoms with Crippen LogP contribution in [0, 0.1) is 16.0 Å². The molecule has 27 heavy (non-hydrogen) atoms. The molecule has 2 fully saturated rings. The SMILES string of the molecule is CCOc1cc(C(=O)N2CCC(NCC3CC3)CC2)c([N+](=O)[O-])cc1OC. The average molecular weight is 377 g/mol. The number of methoxy groups -OCH3 is 1. The molecule has 1 aromatic carbocycles. The Kier molecular flexibility index (Phi) is 6.15. The van der Waals surface area contributed by atoms with Crippen LogP contribution in [0.15, 0.2) is 12.1 Å². The molecule has 8 nitrogen and oxygen atoms in total. The number of nitrogens with one attached hydrogen (secondary N) is 1. The summed E-state index contributed by atoms with van der Waals surface area (Å²) in [5.41, 5.74) is -0.206. The summed E-state index contributed by atoms with van der Waals surface area (Å²) in [4.78, 5) is 25.6. The van der Waals surface area contributed by atoms with E-state index in [-0.39, 0.29) is 22.9 Å². The fourth-order valence-electron chi connectivity index (χ4n) is 3.41. The molecular formula is C19H27N3O5. The van der Waals surface area contributed by atoms with Crippen molar-refractivity contribution in [2.75, 3.05) is 33.4 Å². The molecule has 1 aliphatic carbocycles. The first-order chi connectivity index (χ1) is 13.0. The Bertz CT molecular complexity index is 697. The maximum Gasteiger partial charge on any atom is 0.286 e. The number of likely N-dealkylation sites (tertiary alicyclic amines) is 1. The summed E-state index contributed by atoms with van der Waals surface area (Å²) in [6, 6.07) is 3.11. The predicted molar refractivity (Wildman–Crippen MR) is 100 cm³/mol. The molecule has 0 unspecified atom stereocenters. The first kappa shape index (κ1) is 19.4. The highest BCUT2D eigenvalue weighted by Gasteiger charge is 2.31. The van der Waals surface area contributed by atoms with Crippen LogP contribution in [0.4, 0.5) is 5.69 Å². The van der Waals surface area contributed by atoms with Gasteiger partial charge in [0, 0.05) is 25.2 Å². The predicted octanol–water partition coefficient (Wildman–Crippen LogP) is 2.61. The molecule has 8 heteroatoms. The van der Waals surface area contributed by atoms with E-state index in [2.05, 4.69) is 5.32 Å². The minimum Gasteiger partial charge on any atom is -0.493 e. The number of nitro groups is 1. The summed E-state index contributed by atoms with van der Waals surface area (Å²) in [5, 5.41) is 15.1. The summed E-state index contributed by atoms with van der Waals surface area (Å²) in [6.07, 6.45) is 4.35. The van der Waals surface area contributed by atoms with Gasteiger partial charge in [-0.2, -0.15) is 0 Å². The van der Waals surface area contributed by atoms with Crippen LogP contribution in [0.1, 0.15) is 43.0 Å². The van der Waals surface area contributed by atoms with Crippen molar-refractivity contribution in [3.63, 3.8) is 0 Å². The molecule has 0 aromatic heterocycles. The van der Waals surface area contributed by atoms with Gasteiger partial charge in [-0.3, -0.25) is 14.9 Å². The molecule has 1 saturated heterocycles. The van der Waals surface area contributed by atoms with Gasteiger partial charge in [0.05, 0.1) is 24.7 Å². The zero-order valence-electron chi connectivity index (χ0n) is 15.9. The number of carbonyl (C=O) groups excluding carboxylic acids is 1. The largest absolute Gasteiger partial charge is 0.493 e. The Balaban J connectivity index is 1.72. The first-order valence-electron chi connectivity index (χ1n) is 9.55. The number of carbonyl (C=O) groups is 1. The van der Waals surface area contributed by atoms with Crippen LogP contribution >= 0.6 is 0 Å². The second-order valence-corrected chi connectivity index (χ2v) is 7.13. The van der Waals surface area contributed by atoms with Gasteiger partial charge in [0.15, 0.2) is 11.5 Å². The van der Waals surface area contributed by atoms with E-state index < -0.39 is 4.92 Å². The third kappa shape index (κ3) is 4.68. The third-order valence-corrected chi connectivity index (χ3v) is 5.18. The van der Waals surface area contributed by atoms with Crippen molar-refractivity contribution >= 4 is 11.6 Å². The van der Waals surface area contributed by atoms with E-state index >= 15 is 0 Å². The van der Waals surface area contributed by atoms with Gasteiger partial charge < -0.3 is 19.7 Å². The maximum absolute atomic E-state index is 13.0. The molecule has 0 atom stereocenters. The second kappa shape index (κ2) is 8.56. The van der Waals surface area contributed by atoms with Gasteiger partial charge in [-0.25, -0.2) is 0 Å². The molecule has 0 bridgehead atoms. The van der Waals surface area contributed by atoms with Crippen LogP contribution in [-0.2, 0) is 0 Å². The Labute approximate surface area is 159 Å². The summed E-state index contributed by atoms with van der Waals surface area (Å²) in [7, 11) is 1.42. The van der Waals surface area contributed by atoms with E-state index in [1.54, 1.807) is 4.90 Å². The lowest BCUT2D eigenvalue weighted by Crippen LogP contribution is -2.45. The van der Waals surface area contributed by atoms with E-state index in [1.807, 2.05) is 6.92 Å². The highest BCUT2D eigenvalue weighted by molar-refractivity contribution is 5.99. The van der Waals surface area contributed by atoms with Crippen molar-refractivity contribution in [2.45, 2.75) is 38.6 Å². The molecule has 0 spiro atoms. The molecule has 1 N–H and O–H groups in total. The first-order valence-corrected chi connectivity index (χ1v) is 9.55. The standard InChI is InChI=1S/C19H27N3O5/c1-3-27-18-10-15(16(22(24)25)11-17(18)26-2)19(23)21-8-6-14(7-9-21)20-12-13-4-5-13/h10-11,13-14,20H,3-9,12H2,1-2H3. The Morgan fingerprint density at radius 3 is 2.52 bits per heavy atom. The van der Waals surface area contributed by atoms with Gasteiger partial charge in [-0.15, -0.1) is 0 Å². The molecule has 2 aliphatic rings. The van der Waals surface area contributed by atoms with Crippen molar-refractivity contribution in [3.8, 4) is 11.5 Å². The van der Waals surface area contributed by atoms with Crippen LogP contribution in [0.2, 0.25) is 0 Å². The van der Waals surface area contributed by atoms with Gasteiger partial charge in [-0.05, 0) is 45.1 Å². The van der Waals surface area contributed by atoms with Crippen LogP contribution in [0.25, 0.3) is 0 Å². The van der Waals surface area contributed by atoms with Crippen LogP contribution < -0.4 is 14.8 Å². The molecule has 1 aromatic rings.